The highest BCUT2D eigenvalue weighted by Gasteiger charge is 2.48. The van der Waals surface area contributed by atoms with E-state index in [9.17, 15) is 4.79 Å². The van der Waals surface area contributed by atoms with E-state index in [0.29, 0.717) is 23.6 Å². The van der Waals surface area contributed by atoms with Gasteiger partial charge in [0.25, 0.3) is 0 Å². The maximum atomic E-state index is 12.7. The first-order chi connectivity index (χ1) is 13.6. The van der Waals surface area contributed by atoms with Gasteiger partial charge in [-0.1, -0.05) is 23.9 Å². The van der Waals surface area contributed by atoms with Crippen LogP contribution in [0.25, 0.3) is 5.69 Å². The van der Waals surface area contributed by atoms with Gasteiger partial charge >= 0.3 is 0 Å². The summed E-state index contributed by atoms with van der Waals surface area (Å²) in [5.74, 6) is 4.66. The standard InChI is InChI=1S/C22H28N4OS/c1-13-4-3-5-19(6-13)26-14(2)24-25-22(26)28-12-20(27)23-21-17-8-15-7-16(10-17)11-18(21)9-15/h3-6,15-18,21H,7-12H2,1-2H3,(H,23,27). The van der Waals surface area contributed by atoms with E-state index >= 15 is 0 Å². The Balaban J connectivity index is 1.24. The number of amides is 1. The van der Waals surface area contributed by atoms with E-state index in [1.165, 1.54) is 49.4 Å². The van der Waals surface area contributed by atoms with Crippen LogP contribution in [0.5, 0.6) is 0 Å². The van der Waals surface area contributed by atoms with Crippen molar-refractivity contribution >= 4 is 17.7 Å². The number of nitrogens with one attached hydrogen (secondary N) is 1. The second-order valence-electron chi connectivity index (χ2n) is 9.02. The van der Waals surface area contributed by atoms with Crippen molar-refractivity contribution in [2.75, 3.05) is 5.75 Å². The number of hydrogen-bond acceptors (Lipinski definition) is 4. The zero-order valence-electron chi connectivity index (χ0n) is 16.6. The number of thioether (sulfide) groups is 1. The highest BCUT2D eigenvalue weighted by Crippen LogP contribution is 2.53. The van der Waals surface area contributed by atoms with E-state index in [-0.39, 0.29) is 5.91 Å². The zero-order chi connectivity index (χ0) is 19.3. The lowest BCUT2D eigenvalue weighted by molar-refractivity contribution is -0.122. The summed E-state index contributed by atoms with van der Waals surface area (Å²) in [6, 6.07) is 8.70. The van der Waals surface area contributed by atoms with E-state index in [1.54, 1.807) is 0 Å². The van der Waals surface area contributed by atoms with Crippen molar-refractivity contribution in [3.05, 3.63) is 35.7 Å². The van der Waals surface area contributed by atoms with Gasteiger partial charge in [-0.15, -0.1) is 10.2 Å². The van der Waals surface area contributed by atoms with Crippen LogP contribution in [0.3, 0.4) is 0 Å². The molecule has 0 spiro atoms. The third-order valence-electron chi connectivity index (χ3n) is 6.94. The monoisotopic (exact) mass is 396 g/mol. The molecule has 4 saturated carbocycles. The molecule has 5 nitrogen and oxygen atoms in total. The molecule has 0 radical (unpaired) electrons. The molecule has 6 heteroatoms. The van der Waals surface area contributed by atoms with Gasteiger partial charge in [-0.05, 0) is 87.3 Å². The minimum atomic E-state index is 0.138. The Labute approximate surface area is 170 Å². The van der Waals surface area contributed by atoms with Gasteiger partial charge in [-0.2, -0.15) is 0 Å². The van der Waals surface area contributed by atoms with Crippen LogP contribution in [-0.2, 0) is 4.79 Å². The first-order valence-electron chi connectivity index (χ1n) is 10.5. The second-order valence-corrected chi connectivity index (χ2v) is 9.96. The van der Waals surface area contributed by atoms with Crippen molar-refractivity contribution in [2.45, 2.75) is 57.1 Å². The van der Waals surface area contributed by atoms with Crippen LogP contribution in [0.15, 0.2) is 29.4 Å². The largest absolute Gasteiger partial charge is 0.352 e. The second kappa shape index (κ2) is 7.21. The molecule has 1 aromatic heterocycles. The predicted molar refractivity (Wildman–Crippen MR) is 111 cm³/mol. The number of nitrogens with zero attached hydrogens (tertiary/aromatic N) is 3. The Morgan fingerprint density at radius 3 is 2.50 bits per heavy atom. The summed E-state index contributed by atoms with van der Waals surface area (Å²) in [6.07, 6.45) is 6.74. The van der Waals surface area contributed by atoms with Crippen molar-refractivity contribution in [1.29, 1.82) is 0 Å². The van der Waals surface area contributed by atoms with Crippen LogP contribution in [0.4, 0.5) is 0 Å². The molecule has 0 atom stereocenters. The molecule has 148 valence electrons. The number of aromatic nitrogens is 3. The van der Waals surface area contributed by atoms with Crippen LogP contribution in [0, 0.1) is 37.5 Å². The van der Waals surface area contributed by atoms with Gasteiger partial charge in [0, 0.05) is 11.7 Å². The molecule has 4 fully saturated rings. The quantitative estimate of drug-likeness (QED) is 0.779. The van der Waals surface area contributed by atoms with Gasteiger partial charge < -0.3 is 5.32 Å². The zero-order valence-corrected chi connectivity index (χ0v) is 17.4. The lowest BCUT2D eigenvalue weighted by Crippen LogP contribution is -2.56. The Kier molecular flexibility index (Phi) is 4.69. The van der Waals surface area contributed by atoms with Crippen LogP contribution in [0.1, 0.15) is 43.5 Å². The Hall–Kier alpha value is -1.82. The number of benzene rings is 1. The summed E-state index contributed by atoms with van der Waals surface area (Å²) in [6.45, 7) is 4.03. The number of carbonyl (C=O) groups is 1. The van der Waals surface area contributed by atoms with Crippen molar-refractivity contribution in [1.82, 2.24) is 20.1 Å². The SMILES string of the molecule is Cc1cccc(-n2c(C)nnc2SCC(=O)NC2C3CC4CC(C3)CC2C4)c1. The topological polar surface area (TPSA) is 59.8 Å². The molecular formula is C22H28N4OS. The molecule has 2 aromatic rings. The molecule has 0 unspecified atom stereocenters. The smallest absolute Gasteiger partial charge is 0.230 e. The number of hydrogen-bond donors (Lipinski definition) is 1. The summed E-state index contributed by atoms with van der Waals surface area (Å²) >= 11 is 1.48. The fourth-order valence-corrected chi connectivity index (χ4v) is 6.83. The molecule has 1 N–H and O–H groups in total. The molecule has 1 amide bonds. The van der Waals surface area contributed by atoms with Crippen LogP contribution >= 0.6 is 11.8 Å². The predicted octanol–water partition coefficient (Wildman–Crippen LogP) is 3.92. The molecule has 4 aliphatic carbocycles. The van der Waals surface area contributed by atoms with Crippen molar-refractivity contribution < 1.29 is 4.79 Å². The number of rotatable bonds is 5. The van der Waals surface area contributed by atoms with Gasteiger partial charge in [0.05, 0.1) is 5.75 Å². The fraction of sp³-hybridized carbons (Fsp3) is 0.591. The third-order valence-corrected chi connectivity index (χ3v) is 7.87. The minimum absolute atomic E-state index is 0.138. The van der Waals surface area contributed by atoms with Crippen LogP contribution in [-0.4, -0.2) is 32.5 Å². The van der Waals surface area contributed by atoms with Crippen molar-refractivity contribution in [3.63, 3.8) is 0 Å². The molecule has 4 aliphatic rings. The van der Waals surface area contributed by atoms with E-state index < -0.39 is 0 Å². The van der Waals surface area contributed by atoms with Gasteiger partial charge in [-0.25, -0.2) is 0 Å². The maximum Gasteiger partial charge on any atom is 0.230 e. The van der Waals surface area contributed by atoms with Crippen LogP contribution in [0.2, 0.25) is 0 Å². The molecule has 28 heavy (non-hydrogen) atoms. The van der Waals surface area contributed by atoms with Gasteiger partial charge in [-0.3, -0.25) is 9.36 Å². The molecule has 1 aromatic carbocycles. The van der Waals surface area contributed by atoms with E-state index in [1.807, 2.05) is 17.6 Å². The Morgan fingerprint density at radius 2 is 1.82 bits per heavy atom. The Morgan fingerprint density at radius 1 is 1.11 bits per heavy atom. The van der Waals surface area contributed by atoms with E-state index in [2.05, 4.69) is 40.6 Å². The molecule has 4 bridgehead atoms. The van der Waals surface area contributed by atoms with Crippen LogP contribution < -0.4 is 5.32 Å². The summed E-state index contributed by atoms with van der Waals surface area (Å²) < 4.78 is 2.04. The first-order valence-corrected chi connectivity index (χ1v) is 11.5. The normalized spacial score (nSPS) is 30.6. The van der Waals surface area contributed by atoms with Crippen molar-refractivity contribution in [2.24, 2.45) is 23.7 Å². The summed E-state index contributed by atoms with van der Waals surface area (Å²) in [5, 5.41) is 12.7. The van der Waals surface area contributed by atoms with E-state index in [0.717, 1.165) is 28.5 Å². The highest BCUT2D eigenvalue weighted by atomic mass is 32.2. The third kappa shape index (κ3) is 3.36. The molecule has 1 heterocycles. The fourth-order valence-electron chi connectivity index (χ4n) is 6.02. The average molecular weight is 397 g/mol. The summed E-state index contributed by atoms with van der Waals surface area (Å²) in [7, 11) is 0. The number of aryl methyl sites for hydroxylation is 2. The minimum Gasteiger partial charge on any atom is -0.352 e. The first kappa shape index (κ1) is 18.2. The average Bonchev–Trinajstić information content (AvgIpc) is 3.03. The molecular weight excluding hydrogens is 368 g/mol. The maximum absolute atomic E-state index is 12.7. The molecule has 0 aliphatic heterocycles. The van der Waals surface area contributed by atoms with E-state index in [4.69, 9.17) is 0 Å². The van der Waals surface area contributed by atoms with Gasteiger partial charge in [0.1, 0.15) is 5.82 Å². The molecule has 6 rings (SSSR count). The lowest BCUT2D eigenvalue weighted by atomic mass is 9.54. The summed E-state index contributed by atoms with van der Waals surface area (Å²) in [5.41, 5.74) is 2.24. The molecule has 0 saturated heterocycles. The Bertz CT molecular complexity index is 864. The van der Waals surface area contributed by atoms with Crippen molar-refractivity contribution in [3.8, 4) is 5.69 Å². The lowest BCUT2D eigenvalue weighted by Gasteiger charge is -2.54. The number of carbonyl (C=O) groups excluding carboxylic acids is 1. The highest BCUT2D eigenvalue weighted by molar-refractivity contribution is 7.99. The van der Waals surface area contributed by atoms with Gasteiger partial charge in [0.2, 0.25) is 5.91 Å². The van der Waals surface area contributed by atoms with Gasteiger partial charge in [0.15, 0.2) is 5.16 Å². The summed E-state index contributed by atoms with van der Waals surface area (Å²) in [4.78, 5) is 12.7.